The van der Waals surface area contributed by atoms with Gasteiger partial charge in [0, 0.05) is 51.5 Å². The average molecular weight is 313 g/mol. The largest absolute Gasteiger partial charge is 0.416 e. The average Bonchev–Trinajstić information content (AvgIpc) is 3.01. The van der Waals surface area contributed by atoms with E-state index in [1.54, 1.807) is 0 Å². The number of hydrogen-bond acceptors (Lipinski definition) is 3. The number of rotatable bonds is 3. The predicted molar refractivity (Wildman–Crippen MR) is 81.0 cm³/mol. The van der Waals surface area contributed by atoms with E-state index in [-0.39, 0.29) is 0 Å². The van der Waals surface area contributed by atoms with Crippen molar-refractivity contribution >= 4 is 5.69 Å². The van der Waals surface area contributed by atoms with E-state index in [0.29, 0.717) is 6.54 Å². The quantitative estimate of drug-likeness (QED) is 0.926. The lowest BCUT2D eigenvalue weighted by Gasteiger charge is -2.28. The molecule has 3 rings (SSSR count). The normalized spacial score (nSPS) is 20.6. The molecular weight excluding hydrogens is 291 g/mol. The second-order valence-electron chi connectivity index (χ2n) is 6.11. The van der Waals surface area contributed by atoms with E-state index >= 15 is 0 Å². The van der Waals surface area contributed by atoms with E-state index in [4.69, 9.17) is 0 Å². The van der Waals surface area contributed by atoms with Gasteiger partial charge < -0.3 is 10.2 Å². The molecular formula is C16H22F3N3. The molecule has 0 bridgehead atoms. The first-order valence-electron chi connectivity index (χ1n) is 7.91. The van der Waals surface area contributed by atoms with E-state index in [2.05, 4.69) is 15.1 Å². The van der Waals surface area contributed by atoms with Crippen LogP contribution in [0, 0.1) is 0 Å². The summed E-state index contributed by atoms with van der Waals surface area (Å²) < 4.78 is 39.5. The summed E-state index contributed by atoms with van der Waals surface area (Å²) in [5.74, 6) is 0. The summed E-state index contributed by atoms with van der Waals surface area (Å²) in [5.41, 5.74) is 0.957. The maximum atomic E-state index is 13.2. The topological polar surface area (TPSA) is 18.5 Å². The number of nitrogens with one attached hydrogen (secondary N) is 1. The highest BCUT2D eigenvalue weighted by atomic mass is 19.4. The predicted octanol–water partition coefficient (Wildman–Crippen LogP) is 2.71. The van der Waals surface area contributed by atoms with Gasteiger partial charge >= 0.3 is 6.18 Å². The van der Waals surface area contributed by atoms with Gasteiger partial charge in [0.1, 0.15) is 0 Å². The fraction of sp³-hybridized carbons (Fsp3) is 0.625. The first-order valence-corrected chi connectivity index (χ1v) is 7.91. The van der Waals surface area contributed by atoms with Crippen molar-refractivity contribution in [1.29, 1.82) is 0 Å². The van der Waals surface area contributed by atoms with Crippen LogP contribution >= 0.6 is 0 Å². The summed E-state index contributed by atoms with van der Waals surface area (Å²) in [6.07, 6.45) is -2.17. The third-order valence-electron chi connectivity index (χ3n) is 4.39. The maximum absolute atomic E-state index is 13.2. The molecule has 3 nitrogen and oxygen atoms in total. The fourth-order valence-electron chi connectivity index (χ4n) is 3.21. The highest BCUT2D eigenvalue weighted by molar-refractivity contribution is 5.52. The minimum absolute atomic E-state index is 0.526. The Balaban J connectivity index is 1.85. The van der Waals surface area contributed by atoms with E-state index < -0.39 is 11.7 Å². The minimum Gasteiger partial charge on any atom is -0.372 e. The van der Waals surface area contributed by atoms with Gasteiger partial charge in [-0.3, -0.25) is 4.90 Å². The van der Waals surface area contributed by atoms with E-state index in [1.165, 1.54) is 12.1 Å². The molecule has 2 saturated heterocycles. The number of hydrogen-bond donors (Lipinski definition) is 1. The van der Waals surface area contributed by atoms with Crippen molar-refractivity contribution in [3.05, 3.63) is 29.3 Å². The van der Waals surface area contributed by atoms with Crippen LogP contribution in [0.1, 0.15) is 24.0 Å². The zero-order chi connectivity index (χ0) is 15.6. The maximum Gasteiger partial charge on any atom is 0.416 e. The number of halogens is 3. The molecule has 2 heterocycles. The molecule has 0 saturated carbocycles. The van der Waals surface area contributed by atoms with Crippen molar-refractivity contribution < 1.29 is 13.2 Å². The third-order valence-corrected chi connectivity index (χ3v) is 4.39. The van der Waals surface area contributed by atoms with Crippen LogP contribution in [0.3, 0.4) is 0 Å². The van der Waals surface area contributed by atoms with E-state index in [1.807, 2.05) is 6.07 Å². The molecule has 2 aliphatic heterocycles. The summed E-state index contributed by atoms with van der Waals surface area (Å²) in [6.45, 7) is 5.87. The molecule has 122 valence electrons. The van der Waals surface area contributed by atoms with Crippen molar-refractivity contribution in [2.24, 2.45) is 0 Å². The summed E-state index contributed by atoms with van der Waals surface area (Å²) in [7, 11) is 0. The molecule has 0 radical (unpaired) electrons. The monoisotopic (exact) mass is 313 g/mol. The number of anilines is 1. The second-order valence-corrected chi connectivity index (χ2v) is 6.11. The van der Waals surface area contributed by atoms with Crippen LogP contribution in [-0.4, -0.2) is 44.2 Å². The standard InChI is InChI=1S/C16H22F3N3/c17-16(18,19)14-9-13(12-21-7-3-20-4-8-21)10-15(11-14)22-5-1-2-6-22/h9-11,20H,1-8,12H2. The molecule has 2 fully saturated rings. The second kappa shape index (κ2) is 6.46. The van der Waals surface area contributed by atoms with E-state index in [9.17, 15) is 13.2 Å². The van der Waals surface area contributed by atoms with Crippen molar-refractivity contribution in [1.82, 2.24) is 10.2 Å². The molecule has 2 aliphatic rings. The van der Waals surface area contributed by atoms with Crippen LogP contribution in [0.2, 0.25) is 0 Å². The van der Waals surface area contributed by atoms with Gasteiger partial charge in [-0.05, 0) is 36.6 Å². The Morgan fingerprint density at radius 3 is 2.27 bits per heavy atom. The number of benzene rings is 1. The molecule has 6 heteroatoms. The van der Waals surface area contributed by atoms with Gasteiger partial charge in [-0.2, -0.15) is 13.2 Å². The Morgan fingerprint density at radius 1 is 0.955 bits per heavy atom. The van der Waals surface area contributed by atoms with Gasteiger partial charge in [0.2, 0.25) is 0 Å². The molecule has 1 aromatic rings. The molecule has 0 amide bonds. The molecule has 22 heavy (non-hydrogen) atoms. The molecule has 1 N–H and O–H groups in total. The highest BCUT2D eigenvalue weighted by Gasteiger charge is 2.32. The fourth-order valence-corrected chi connectivity index (χ4v) is 3.21. The lowest BCUT2D eigenvalue weighted by Crippen LogP contribution is -2.42. The van der Waals surface area contributed by atoms with Crippen molar-refractivity contribution in [3.63, 3.8) is 0 Å². The summed E-state index contributed by atoms with van der Waals surface area (Å²) in [6, 6.07) is 4.54. The Labute approximate surface area is 129 Å². The Kier molecular flexibility index (Phi) is 4.59. The van der Waals surface area contributed by atoms with Crippen LogP contribution in [0.25, 0.3) is 0 Å². The zero-order valence-electron chi connectivity index (χ0n) is 12.6. The lowest BCUT2D eigenvalue weighted by molar-refractivity contribution is -0.137. The molecule has 0 spiro atoms. The van der Waals surface area contributed by atoms with Crippen molar-refractivity contribution in [2.75, 3.05) is 44.2 Å². The zero-order valence-corrected chi connectivity index (χ0v) is 12.6. The van der Waals surface area contributed by atoms with Gasteiger partial charge in [-0.15, -0.1) is 0 Å². The van der Waals surface area contributed by atoms with Gasteiger partial charge in [0.15, 0.2) is 0 Å². The van der Waals surface area contributed by atoms with E-state index in [0.717, 1.165) is 63.4 Å². The van der Waals surface area contributed by atoms with Crippen molar-refractivity contribution in [3.8, 4) is 0 Å². The van der Waals surface area contributed by atoms with Gasteiger partial charge in [-0.1, -0.05) is 0 Å². The van der Waals surface area contributed by atoms with Gasteiger partial charge in [-0.25, -0.2) is 0 Å². The summed E-state index contributed by atoms with van der Waals surface area (Å²) >= 11 is 0. The van der Waals surface area contributed by atoms with Crippen LogP contribution in [0.4, 0.5) is 18.9 Å². The first kappa shape index (κ1) is 15.6. The van der Waals surface area contributed by atoms with Crippen molar-refractivity contribution in [2.45, 2.75) is 25.6 Å². The molecule has 0 unspecified atom stereocenters. The van der Waals surface area contributed by atoms with Gasteiger partial charge in [0.25, 0.3) is 0 Å². The third kappa shape index (κ3) is 3.73. The molecule has 1 aromatic carbocycles. The van der Waals surface area contributed by atoms with Gasteiger partial charge in [0.05, 0.1) is 5.56 Å². The first-order chi connectivity index (χ1) is 10.5. The molecule has 0 aliphatic carbocycles. The number of piperazine rings is 1. The van der Waals surface area contributed by atoms with Crippen LogP contribution < -0.4 is 10.2 Å². The number of nitrogens with zero attached hydrogens (tertiary/aromatic N) is 2. The SMILES string of the molecule is FC(F)(F)c1cc(CN2CCNCC2)cc(N2CCCC2)c1. The Hall–Kier alpha value is -1.27. The van der Waals surface area contributed by atoms with Crippen LogP contribution in [-0.2, 0) is 12.7 Å². The summed E-state index contributed by atoms with van der Waals surface area (Å²) in [4.78, 5) is 4.27. The highest BCUT2D eigenvalue weighted by Crippen LogP contribution is 2.34. The van der Waals surface area contributed by atoms with Crippen LogP contribution in [0.5, 0.6) is 0 Å². The lowest BCUT2D eigenvalue weighted by atomic mass is 10.1. The molecule has 0 aromatic heterocycles. The summed E-state index contributed by atoms with van der Waals surface area (Å²) in [5, 5.41) is 3.26. The Morgan fingerprint density at radius 2 is 1.64 bits per heavy atom. The number of alkyl halides is 3. The Bertz CT molecular complexity index is 504. The van der Waals surface area contributed by atoms with Crippen LogP contribution in [0.15, 0.2) is 18.2 Å². The molecule has 0 atom stereocenters. The smallest absolute Gasteiger partial charge is 0.372 e. The minimum atomic E-state index is -4.28.